The van der Waals surface area contributed by atoms with Gasteiger partial charge in [0.05, 0.1) is 6.20 Å². The van der Waals surface area contributed by atoms with Gasteiger partial charge in [-0.2, -0.15) is 0 Å². The van der Waals surface area contributed by atoms with Crippen LogP contribution in [0.2, 0.25) is 0 Å². The van der Waals surface area contributed by atoms with E-state index in [1.807, 2.05) is 0 Å². The lowest BCUT2D eigenvalue weighted by molar-refractivity contribution is -0.120. The molecule has 1 heterocycles. The zero-order valence-electron chi connectivity index (χ0n) is 8.48. The van der Waals surface area contributed by atoms with Crippen molar-refractivity contribution in [1.82, 2.24) is 5.16 Å². The lowest BCUT2D eigenvalue weighted by Crippen LogP contribution is -2.32. The molecular formula is C10H15N3O2. The lowest BCUT2D eigenvalue weighted by atomic mass is 9.86. The zero-order valence-corrected chi connectivity index (χ0v) is 8.48. The number of anilines is 1. The van der Waals surface area contributed by atoms with E-state index >= 15 is 0 Å². The molecule has 0 saturated heterocycles. The molecule has 2 rings (SSSR count). The van der Waals surface area contributed by atoms with E-state index in [0.717, 1.165) is 25.7 Å². The maximum absolute atomic E-state index is 11.8. The first-order chi connectivity index (χ1) is 7.25. The Labute approximate surface area is 88.0 Å². The lowest BCUT2D eigenvalue weighted by Gasteiger charge is -2.24. The van der Waals surface area contributed by atoms with Crippen molar-refractivity contribution in [1.29, 1.82) is 0 Å². The SMILES string of the molecule is NC1CCC(C(=O)Nc2cnoc2)CC1. The van der Waals surface area contributed by atoms with Crippen molar-refractivity contribution in [3.05, 3.63) is 12.5 Å². The second-order valence-electron chi connectivity index (χ2n) is 4.01. The van der Waals surface area contributed by atoms with Crippen LogP contribution in [0.25, 0.3) is 0 Å². The summed E-state index contributed by atoms with van der Waals surface area (Å²) in [7, 11) is 0. The molecule has 0 radical (unpaired) electrons. The van der Waals surface area contributed by atoms with Crippen LogP contribution in [0.15, 0.2) is 17.0 Å². The van der Waals surface area contributed by atoms with E-state index < -0.39 is 0 Å². The minimum Gasteiger partial charge on any atom is -0.363 e. The molecule has 1 amide bonds. The summed E-state index contributed by atoms with van der Waals surface area (Å²) in [5.41, 5.74) is 6.40. The highest BCUT2D eigenvalue weighted by Crippen LogP contribution is 2.24. The molecule has 1 aliphatic carbocycles. The second kappa shape index (κ2) is 4.44. The summed E-state index contributed by atoms with van der Waals surface area (Å²) in [5, 5.41) is 6.29. The highest BCUT2D eigenvalue weighted by Gasteiger charge is 2.24. The third-order valence-corrected chi connectivity index (χ3v) is 2.84. The first-order valence-corrected chi connectivity index (χ1v) is 5.21. The van der Waals surface area contributed by atoms with E-state index in [1.54, 1.807) is 0 Å². The maximum Gasteiger partial charge on any atom is 0.227 e. The fraction of sp³-hybridized carbons (Fsp3) is 0.600. The molecule has 1 aromatic heterocycles. The number of nitrogens with one attached hydrogen (secondary N) is 1. The Morgan fingerprint density at radius 1 is 1.47 bits per heavy atom. The fourth-order valence-electron chi connectivity index (χ4n) is 1.89. The number of rotatable bonds is 2. The smallest absolute Gasteiger partial charge is 0.227 e. The maximum atomic E-state index is 11.8. The number of hydrogen-bond donors (Lipinski definition) is 2. The van der Waals surface area contributed by atoms with Gasteiger partial charge in [0.15, 0.2) is 0 Å². The molecule has 3 N–H and O–H groups in total. The fourth-order valence-corrected chi connectivity index (χ4v) is 1.89. The molecule has 1 aliphatic rings. The molecule has 1 fully saturated rings. The Morgan fingerprint density at radius 2 is 2.20 bits per heavy atom. The molecular weight excluding hydrogens is 194 g/mol. The molecule has 0 bridgehead atoms. The number of carbonyl (C=O) groups excluding carboxylic acids is 1. The number of hydrogen-bond acceptors (Lipinski definition) is 4. The van der Waals surface area contributed by atoms with Gasteiger partial charge in [-0.15, -0.1) is 0 Å². The van der Waals surface area contributed by atoms with Crippen LogP contribution < -0.4 is 11.1 Å². The largest absolute Gasteiger partial charge is 0.363 e. The molecule has 0 spiro atoms. The zero-order chi connectivity index (χ0) is 10.7. The summed E-state index contributed by atoms with van der Waals surface area (Å²) in [6, 6.07) is 0.268. The summed E-state index contributed by atoms with van der Waals surface area (Å²) in [4.78, 5) is 11.8. The molecule has 5 nitrogen and oxygen atoms in total. The number of nitrogens with two attached hydrogens (primary N) is 1. The van der Waals surface area contributed by atoms with Gasteiger partial charge in [0, 0.05) is 12.0 Å². The topological polar surface area (TPSA) is 81.2 Å². The molecule has 0 aromatic carbocycles. The van der Waals surface area contributed by atoms with Crippen LogP contribution in [-0.4, -0.2) is 17.1 Å². The standard InChI is InChI=1S/C10H15N3O2/c11-8-3-1-7(2-4-8)10(14)13-9-5-12-15-6-9/h5-8H,1-4,11H2,(H,13,14). The Hall–Kier alpha value is -1.36. The summed E-state index contributed by atoms with van der Waals surface area (Å²) < 4.78 is 4.64. The van der Waals surface area contributed by atoms with Crippen molar-refractivity contribution in [2.24, 2.45) is 11.7 Å². The number of carbonyl (C=O) groups is 1. The van der Waals surface area contributed by atoms with Gasteiger partial charge in [0.1, 0.15) is 12.0 Å². The molecule has 0 atom stereocenters. The highest BCUT2D eigenvalue weighted by atomic mass is 16.5. The second-order valence-corrected chi connectivity index (χ2v) is 4.01. The van der Waals surface area contributed by atoms with Gasteiger partial charge in [-0.3, -0.25) is 4.79 Å². The summed E-state index contributed by atoms with van der Waals surface area (Å²) in [6.45, 7) is 0. The third kappa shape index (κ3) is 2.56. The average molecular weight is 209 g/mol. The van der Waals surface area contributed by atoms with E-state index in [9.17, 15) is 4.79 Å². The van der Waals surface area contributed by atoms with E-state index in [-0.39, 0.29) is 17.9 Å². The number of aromatic nitrogens is 1. The van der Waals surface area contributed by atoms with Gasteiger partial charge in [-0.05, 0) is 25.7 Å². The number of amides is 1. The van der Waals surface area contributed by atoms with Crippen LogP contribution in [0.4, 0.5) is 5.69 Å². The minimum atomic E-state index is 0.0464. The van der Waals surface area contributed by atoms with E-state index in [1.165, 1.54) is 12.5 Å². The van der Waals surface area contributed by atoms with Crippen LogP contribution >= 0.6 is 0 Å². The Balaban J connectivity index is 1.86. The first kappa shape index (κ1) is 10.2. The van der Waals surface area contributed by atoms with Crippen LogP contribution in [0.1, 0.15) is 25.7 Å². The van der Waals surface area contributed by atoms with Crippen LogP contribution in [0.3, 0.4) is 0 Å². The average Bonchev–Trinajstić information content (AvgIpc) is 2.71. The molecule has 82 valence electrons. The van der Waals surface area contributed by atoms with Crippen molar-refractivity contribution < 1.29 is 9.32 Å². The molecule has 5 heteroatoms. The van der Waals surface area contributed by atoms with Crippen molar-refractivity contribution in [2.45, 2.75) is 31.7 Å². The molecule has 0 unspecified atom stereocenters. The third-order valence-electron chi connectivity index (χ3n) is 2.84. The van der Waals surface area contributed by atoms with Crippen LogP contribution in [0.5, 0.6) is 0 Å². The van der Waals surface area contributed by atoms with Crippen molar-refractivity contribution in [2.75, 3.05) is 5.32 Å². The van der Waals surface area contributed by atoms with E-state index in [0.29, 0.717) is 5.69 Å². The minimum absolute atomic E-state index is 0.0464. The molecule has 15 heavy (non-hydrogen) atoms. The normalized spacial score (nSPS) is 26.2. The molecule has 1 aromatic rings. The van der Waals surface area contributed by atoms with Crippen LogP contribution in [-0.2, 0) is 4.79 Å². The summed E-state index contributed by atoms with van der Waals surface area (Å²) in [5.74, 6) is 0.129. The highest BCUT2D eigenvalue weighted by molar-refractivity contribution is 5.92. The van der Waals surface area contributed by atoms with Gasteiger partial charge in [0.25, 0.3) is 0 Å². The predicted octanol–water partition coefficient (Wildman–Crippen LogP) is 1.13. The van der Waals surface area contributed by atoms with Gasteiger partial charge < -0.3 is 15.6 Å². The number of nitrogens with zero attached hydrogens (tertiary/aromatic N) is 1. The van der Waals surface area contributed by atoms with E-state index in [2.05, 4.69) is 15.0 Å². The Kier molecular flexibility index (Phi) is 3.01. The molecule has 0 aliphatic heterocycles. The van der Waals surface area contributed by atoms with Crippen molar-refractivity contribution >= 4 is 11.6 Å². The molecule has 1 saturated carbocycles. The quantitative estimate of drug-likeness (QED) is 0.765. The van der Waals surface area contributed by atoms with Gasteiger partial charge in [0.2, 0.25) is 5.91 Å². The first-order valence-electron chi connectivity index (χ1n) is 5.21. The van der Waals surface area contributed by atoms with Gasteiger partial charge >= 0.3 is 0 Å². The predicted molar refractivity (Wildman–Crippen MR) is 55.1 cm³/mol. The van der Waals surface area contributed by atoms with Gasteiger partial charge in [-0.25, -0.2) is 0 Å². The van der Waals surface area contributed by atoms with E-state index in [4.69, 9.17) is 5.73 Å². The van der Waals surface area contributed by atoms with Gasteiger partial charge in [-0.1, -0.05) is 5.16 Å². The van der Waals surface area contributed by atoms with Crippen LogP contribution in [0, 0.1) is 5.92 Å². The summed E-state index contributed by atoms with van der Waals surface area (Å²) in [6.07, 6.45) is 6.53. The summed E-state index contributed by atoms with van der Waals surface area (Å²) >= 11 is 0. The van der Waals surface area contributed by atoms with Crippen molar-refractivity contribution in [3.8, 4) is 0 Å². The Morgan fingerprint density at radius 3 is 2.80 bits per heavy atom. The monoisotopic (exact) mass is 209 g/mol. The Bertz CT molecular complexity index is 315. The van der Waals surface area contributed by atoms with Crippen molar-refractivity contribution in [3.63, 3.8) is 0 Å².